The summed E-state index contributed by atoms with van der Waals surface area (Å²) in [6, 6.07) is 2.30. The van der Waals surface area contributed by atoms with Crippen molar-refractivity contribution in [2.24, 2.45) is 0 Å². The molecule has 1 N–H and O–H groups in total. The topological polar surface area (TPSA) is 90.6 Å². The molecule has 2 atom stereocenters. The molecule has 4 rings (SSSR count). The first-order valence-electron chi connectivity index (χ1n) is 10.9. The van der Waals surface area contributed by atoms with E-state index in [-0.39, 0.29) is 43.6 Å². The standard InChI is InChI=1S/C22H23ClF5NO7/c1-32-19(31)18-17(13-8-12(22(26,27)28)2-3-14(13)36-18)29(16(30)10-23)11-21(24,25)15-9-20(4-5-33-15)34-6-7-35-20/h2-3,8,15-16,30H,4-7,9-11H2,1H3. The van der Waals surface area contributed by atoms with Crippen molar-refractivity contribution in [1.82, 2.24) is 0 Å². The summed E-state index contributed by atoms with van der Waals surface area (Å²) in [7, 11) is 0.980. The highest BCUT2D eigenvalue weighted by Crippen LogP contribution is 2.43. The van der Waals surface area contributed by atoms with Crippen molar-refractivity contribution in [3.8, 4) is 0 Å². The third-order valence-electron chi connectivity index (χ3n) is 6.11. The molecule has 8 nitrogen and oxygen atoms in total. The Hall–Kier alpha value is -2.19. The summed E-state index contributed by atoms with van der Waals surface area (Å²) in [5.74, 6) is -7.37. The van der Waals surface area contributed by atoms with Gasteiger partial charge in [0, 0.05) is 18.2 Å². The largest absolute Gasteiger partial charge is 0.463 e. The molecule has 1 aromatic carbocycles. The van der Waals surface area contributed by atoms with Crippen LogP contribution in [0.3, 0.4) is 0 Å². The van der Waals surface area contributed by atoms with Gasteiger partial charge in [-0.25, -0.2) is 13.6 Å². The third kappa shape index (κ3) is 5.12. The van der Waals surface area contributed by atoms with Gasteiger partial charge in [-0.15, -0.1) is 11.6 Å². The van der Waals surface area contributed by atoms with Gasteiger partial charge in [0.15, 0.2) is 5.79 Å². The second-order valence-corrected chi connectivity index (χ2v) is 8.73. The molecule has 2 aliphatic heterocycles. The maximum absolute atomic E-state index is 15.6. The molecule has 36 heavy (non-hydrogen) atoms. The molecular formula is C22H23ClF5NO7. The Labute approximate surface area is 206 Å². The van der Waals surface area contributed by atoms with Crippen LogP contribution in [0.2, 0.25) is 0 Å². The van der Waals surface area contributed by atoms with Gasteiger partial charge < -0.3 is 33.4 Å². The first-order chi connectivity index (χ1) is 16.9. The van der Waals surface area contributed by atoms with Gasteiger partial charge in [-0.3, -0.25) is 0 Å². The minimum absolute atomic E-state index is 0.0880. The minimum Gasteiger partial charge on any atom is -0.463 e. The number of halogens is 6. The number of nitrogens with zero attached hydrogens (tertiary/aromatic N) is 1. The number of fused-ring (bicyclic) bond motifs is 1. The Balaban J connectivity index is 1.77. The van der Waals surface area contributed by atoms with Crippen molar-refractivity contribution < 1.29 is 55.2 Å². The van der Waals surface area contributed by atoms with Crippen molar-refractivity contribution in [3.05, 3.63) is 29.5 Å². The number of benzene rings is 1. The number of methoxy groups -OCH3 is 1. The van der Waals surface area contributed by atoms with E-state index < -0.39 is 65.6 Å². The van der Waals surface area contributed by atoms with Crippen LogP contribution in [0.25, 0.3) is 11.0 Å². The van der Waals surface area contributed by atoms with E-state index in [9.17, 15) is 23.1 Å². The molecule has 3 heterocycles. The van der Waals surface area contributed by atoms with Crippen LogP contribution >= 0.6 is 11.6 Å². The first-order valence-corrected chi connectivity index (χ1v) is 11.4. The van der Waals surface area contributed by atoms with Gasteiger partial charge >= 0.3 is 12.1 Å². The Kier molecular flexibility index (Phi) is 7.41. The quantitative estimate of drug-likeness (QED) is 0.241. The number of carbonyl (C=O) groups excluding carboxylic acids is 1. The lowest BCUT2D eigenvalue weighted by Crippen LogP contribution is -2.55. The van der Waals surface area contributed by atoms with Gasteiger partial charge in [-0.05, 0) is 18.2 Å². The highest BCUT2D eigenvalue weighted by Gasteiger charge is 2.52. The molecule has 2 unspecified atom stereocenters. The summed E-state index contributed by atoms with van der Waals surface area (Å²) < 4.78 is 97.8. The van der Waals surface area contributed by atoms with Crippen LogP contribution in [-0.4, -0.2) is 74.5 Å². The highest BCUT2D eigenvalue weighted by molar-refractivity contribution is 6.18. The van der Waals surface area contributed by atoms with Crippen LogP contribution in [0.15, 0.2) is 22.6 Å². The predicted octanol–water partition coefficient (Wildman–Crippen LogP) is 4.16. The molecule has 1 spiro atoms. The second-order valence-electron chi connectivity index (χ2n) is 8.43. The number of rotatable bonds is 7. The number of aliphatic hydroxyl groups is 1. The average Bonchev–Trinajstić information content (AvgIpc) is 3.45. The molecule has 2 aromatic rings. The maximum Gasteiger partial charge on any atom is 0.416 e. The SMILES string of the molecule is COC(=O)c1oc2ccc(C(F)(F)F)cc2c1N(CC(F)(F)C1CC2(CCO1)OCCO2)C(O)CCl. The fraction of sp³-hybridized carbons (Fsp3) is 0.591. The fourth-order valence-electron chi connectivity index (χ4n) is 4.35. The number of anilines is 1. The summed E-state index contributed by atoms with van der Waals surface area (Å²) in [5, 5.41) is 10.2. The van der Waals surface area contributed by atoms with E-state index in [0.717, 1.165) is 13.2 Å². The number of alkyl halides is 6. The lowest BCUT2D eigenvalue weighted by atomic mass is 9.96. The van der Waals surface area contributed by atoms with Gasteiger partial charge in [-0.2, -0.15) is 13.2 Å². The number of furan rings is 1. The van der Waals surface area contributed by atoms with Crippen LogP contribution in [0, 0.1) is 0 Å². The van der Waals surface area contributed by atoms with E-state index in [2.05, 4.69) is 4.74 Å². The molecular weight excluding hydrogens is 521 g/mol. The monoisotopic (exact) mass is 543 g/mol. The van der Waals surface area contributed by atoms with E-state index in [4.69, 9.17) is 30.2 Å². The van der Waals surface area contributed by atoms with Crippen LogP contribution in [0.4, 0.5) is 27.6 Å². The van der Waals surface area contributed by atoms with E-state index in [1.807, 2.05) is 0 Å². The van der Waals surface area contributed by atoms with Crippen molar-refractivity contribution in [3.63, 3.8) is 0 Å². The number of carbonyl (C=O) groups is 1. The molecule has 2 saturated heterocycles. The second kappa shape index (κ2) is 9.93. The molecule has 0 aliphatic carbocycles. The van der Waals surface area contributed by atoms with Crippen molar-refractivity contribution in [2.75, 3.05) is 44.3 Å². The molecule has 0 amide bonds. The smallest absolute Gasteiger partial charge is 0.416 e. The van der Waals surface area contributed by atoms with Crippen molar-refractivity contribution in [2.45, 2.75) is 43.1 Å². The molecule has 0 radical (unpaired) electrons. The molecule has 1 aromatic heterocycles. The van der Waals surface area contributed by atoms with Crippen LogP contribution < -0.4 is 4.90 Å². The number of hydrogen-bond acceptors (Lipinski definition) is 8. The third-order valence-corrected chi connectivity index (χ3v) is 6.39. The molecule has 200 valence electrons. The zero-order valence-corrected chi connectivity index (χ0v) is 19.7. The number of aliphatic hydroxyl groups excluding tert-OH is 1. The normalized spacial score (nSPS) is 21.2. The fourth-order valence-corrected chi connectivity index (χ4v) is 4.52. The number of ether oxygens (including phenoxy) is 4. The van der Waals surface area contributed by atoms with Crippen LogP contribution in [0.1, 0.15) is 29.0 Å². The Morgan fingerprint density at radius 3 is 2.56 bits per heavy atom. The van der Waals surface area contributed by atoms with Gasteiger partial charge in [-0.1, -0.05) is 0 Å². The predicted molar refractivity (Wildman–Crippen MR) is 115 cm³/mol. The van der Waals surface area contributed by atoms with Gasteiger partial charge in [0.05, 0.1) is 44.9 Å². The highest BCUT2D eigenvalue weighted by atomic mass is 35.5. The Bertz CT molecular complexity index is 1100. The summed E-state index contributed by atoms with van der Waals surface area (Å²) in [6.07, 6.45) is -8.42. The molecule has 0 saturated carbocycles. The molecule has 0 bridgehead atoms. The zero-order chi connectivity index (χ0) is 26.3. The van der Waals surface area contributed by atoms with E-state index >= 15 is 8.78 Å². The zero-order valence-electron chi connectivity index (χ0n) is 18.9. The summed E-state index contributed by atoms with van der Waals surface area (Å²) in [4.78, 5) is 13.0. The van der Waals surface area contributed by atoms with Crippen molar-refractivity contribution >= 4 is 34.2 Å². The first kappa shape index (κ1) is 26.9. The number of hydrogen-bond donors (Lipinski definition) is 1. The van der Waals surface area contributed by atoms with Gasteiger partial charge in [0.2, 0.25) is 5.76 Å². The Morgan fingerprint density at radius 2 is 1.94 bits per heavy atom. The van der Waals surface area contributed by atoms with E-state index in [1.165, 1.54) is 0 Å². The average molecular weight is 544 g/mol. The Morgan fingerprint density at radius 1 is 1.25 bits per heavy atom. The molecule has 2 fully saturated rings. The van der Waals surface area contributed by atoms with E-state index in [0.29, 0.717) is 17.0 Å². The summed E-state index contributed by atoms with van der Waals surface area (Å²) in [5.41, 5.74) is -1.85. The number of esters is 1. The van der Waals surface area contributed by atoms with Gasteiger partial charge in [0.25, 0.3) is 5.92 Å². The molecule has 14 heteroatoms. The lowest BCUT2D eigenvalue weighted by Gasteiger charge is -2.41. The van der Waals surface area contributed by atoms with Crippen LogP contribution in [-0.2, 0) is 25.1 Å². The van der Waals surface area contributed by atoms with Gasteiger partial charge in [0.1, 0.15) is 23.6 Å². The summed E-state index contributed by atoms with van der Waals surface area (Å²) >= 11 is 5.76. The van der Waals surface area contributed by atoms with Crippen LogP contribution in [0.5, 0.6) is 0 Å². The lowest BCUT2D eigenvalue weighted by molar-refractivity contribution is -0.255. The summed E-state index contributed by atoms with van der Waals surface area (Å²) in [6.45, 7) is -0.896. The maximum atomic E-state index is 15.6. The van der Waals surface area contributed by atoms with Crippen molar-refractivity contribution in [1.29, 1.82) is 0 Å². The molecule has 2 aliphatic rings. The minimum atomic E-state index is -4.78. The van der Waals surface area contributed by atoms with E-state index in [1.54, 1.807) is 0 Å².